The van der Waals surface area contributed by atoms with Crippen LogP contribution in [-0.4, -0.2) is 82.8 Å². The summed E-state index contributed by atoms with van der Waals surface area (Å²) in [6, 6.07) is 19.6. The van der Waals surface area contributed by atoms with Gasteiger partial charge in [-0.1, -0.05) is 42.8 Å². The highest BCUT2D eigenvalue weighted by Crippen LogP contribution is 2.27. The second-order valence-electron chi connectivity index (χ2n) is 10.1. The maximum absolute atomic E-state index is 13.6. The summed E-state index contributed by atoms with van der Waals surface area (Å²) < 4.78 is 83.5. The molecule has 0 unspecified atom stereocenters. The van der Waals surface area contributed by atoms with E-state index in [0.717, 1.165) is 27.9 Å². The van der Waals surface area contributed by atoms with Gasteiger partial charge in [-0.2, -0.15) is 12.9 Å². The highest BCUT2D eigenvalue weighted by molar-refractivity contribution is 7.90. The molecule has 2 heterocycles. The molecule has 0 saturated carbocycles. The highest BCUT2D eigenvalue weighted by Gasteiger charge is 2.43. The van der Waals surface area contributed by atoms with Crippen LogP contribution in [0.3, 0.4) is 0 Å². The second kappa shape index (κ2) is 12.2. The number of carbonyl (C=O) groups excluding carboxylic acids is 1. The molecule has 0 radical (unpaired) electrons. The van der Waals surface area contributed by atoms with Crippen molar-refractivity contribution in [2.24, 2.45) is 0 Å². The van der Waals surface area contributed by atoms with Gasteiger partial charge in [-0.25, -0.2) is 25.3 Å². The first-order valence-corrected chi connectivity index (χ1v) is 17.9. The third kappa shape index (κ3) is 6.14. The SMILES string of the molecule is O=C(Nc1ccc(S(=O)(=O)N2CCCCC2)cc1)[C@H]1CN(S(=O)(=O)c2ccccc2)CCN1S(=O)(=O)c1ccccc1. The van der Waals surface area contributed by atoms with Crippen molar-refractivity contribution in [1.82, 2.24) is 12.9 Å². The lowest BCUT2D eigenvalue weighted by molar-refractivity contribution is -0.120. The van der Waals surface area contributed by atoms with Crippen molar-refractivity contribution >= 4 is 41.7 Å². The van der Waals surface area contributed by atoms with Crippen LogP contribution in [0.1, 0.15) is 19.3 Å². The normalized spacial score (nSPS) is 19.8. The lowest BCUT2D eigenvalue weighted by Gasteiger charge is -2.38. The van der Waals surface area contributed by atoms with Crippen molar-refractivity contribution in [3.05, 3.63) is 84.9 Å². The molecule has 2 aliphatic rings. The van der Waals surface area contributed by atoms with Crippen LogP contribution in [0.15, 0.2) is 99.6 Å². The molecule has 0 aromatic heterocycles. The van der Waals surface area contributed by atoms with Crippen LogP contribution in [0, 0.1) is 0 Å². The molecular formula is C28H32N4O7S3. The molecule has 3 aromatic rings. The molecule has 0 spiro atoms. The van der Waals surface area contributed by atoms with Gasteiger partial charge < -0.3 is 5.32 Å². The molecule has 5 rings (SSSR count). The van der Waals surface area contributed by atoms with Crippen molar-refractivity contribution in [2.45, 2.75) is 40.0 Å². The van der Waals surface area contributed by atoms with E-state index < -0.39 is 48.6 Å². The zero-order valence-electron chi connectivity index (χ0n) is 22.7. The molecule has 3 aromatic carbocycles. The van der Waals surface area contributed by atoms with E-state index in [1.54, 1.807) is 36.4 Å². The fourth-order valence-corrected chi connectivity index (χ4v) is 9.69. The minimum atomic E-state index is -4.15. The van der Waals surface area contributed by atoms with Gasteiger partial charge in [0.15, 0.2) is 0 Å². The third-order valence-electron chi connectivity index (χ3n) is 7.40. The number of rotatable bonds is 8. The average molecular weight is 633 g/mol. The molecule has 2 aliphatic heterocycles. The maximum Gasteiger partial charge on any atom is 0.244 e. The smallest absolute Gasteiger partial charge is 0.244 e. The van der Waals surface area contributed by atoms with Crippen molar-refractivity contribution in [1.29, 1.82) is 0 Å². The van der Waals surface area contributed by atoms with Gasteiger partial charge in [0.05, 0.1) is 14.7 Å². The number of sulfonamides is 3. The summed E-state index contributed by atoms with van der Waals surface area (Å²) >= 11 is 0. The van der Waals surface area contributed by atoms with Gasteiger partial charge in [0.25, 0.3) is 0 Å². The Morgan fingerprint density at radius 2 is 1.07 bits per heavy atom. The Kier molecular flexibility index (Phi) is 8.83. The van der Waals surface area contributed by atoms with Crippen molar-refractivity contribution in [2.75, 3.05) is 38.0 Å². The van der Waals surface area contributed by atoms with Gasteiger partial charge >= 0.3 is 0 Å². The third-order valence-corrected chi connectivity index (χ3v) is 13.1. The number of carbonyl (C=O) groups is 1. The molecule has 1 N–H and O–H groups in total. The van der Waals surface area contributed by atoms with E-state index in [9.17, 15) is 30.0 Å². The number of benzene rings is 3. The predicted molar refractivity (Wildman–Crippen MR) is 157 cm³/mol. The Morgan fingerprint density at radius 1 is 0.571 bits per heavy atom. The monoisotopic (exact) mass is 632 g/mol. The molecule has 0 aliphatic carbocycles. The number of piperidine rings is 1. The average Bonchev–Trinajstić information content (AvgIpc) is 3.02. The van der Waals surface area contributed by atoms with Crippen LogP contribution < -0.4 is 5.32 Å². The zero-order valence-corrected chi connectivity index (χ0v) is 25.2. The van der Waals surface area contributed by atoms with Crippen LogP contribution in [-0.2, 0) is 34.9 Å². The largest absolute Gasteiger partial charge is 0.325 e. The molecule has 42 heavy (non-hydrogen) atoms. The number of amides is 1. The highest BCUT2D eigenvalue weighted by atomic mass is 32.2. The molecule has 2 saturated heterocycles. The quantitative estimate of drug-likeness (QED) is 0.402. The fourth-order valence-electron chi connectivity index (χ4n) is 5.12. The Bertz CT molecular complexity index is 1730. The van der Waals surface area contributed by atoms with Gasteiger partial charge in [0, 0.05) is 38.4 Å². The number of hydrogen-bond donors (Lipinski definition) is 1. The Balaban J connectivity index is 1.41. The second-order valence-corrected chi connectivity index (χ2v) is 15.9. The number of nitrogens with one attached hydrogen (secondary N) is 1. The molecule has 2 fully saturated rings. The minimum absolute atomic E-state index is 0.0190. The van der Waals surface area contributed by atoms with E-state index in [4.69, 9.17) is 0 Å². The van der Waals surface area contributed by atoms with E-state index in [2.05, 4.69) is 5.32 Å². The van der Waals surface area contributed by atoms with Crippen LogP contribution in [0.25, 0.3) is 0 Å². The van der Waals surface area contributed by atoms with Gasteiger partial charge in [0.1, 0.15) is 6.04 Å². The summed E-state index contributed by atoms with van der Waals surface area (Å²) in [4.78, 5) is 13.7. The molecule has 14 heteroatoms. The first-order chi connectivity index (χ1) is 20.0. The van der Waals surface area contributed by atoms with Gasteiger partial charge in [-0.05, 0) is 61.4 Å². The number of nitrogens with zero attached hydrogens (tertiary/aromatic N) is 3. The fraction of sp³-hybridized carbons (Fsp3) is 0.321. The summed E-state index contributed by atoms with van der Waals surface area (Å²) in [5.41, 5.74) is 0.248. The van der Waals surface area contributed by atoms with Gasteiger partial charge in [-0.15, -0.1) is 0 Å². The van der Waals surface area contributed by atoms with Crippen LogP contribution in [0.2, 0.25) is 0 Å². The van der Waals surface area contributed by atoms with E-state index in [0.29, 0.717) is 13.1 Å². The number of anilines is 1. The summed E-state index contributed by atoms with van der Waals surface area (Å²) in [7, 11) is -11.8. The zero-order chi connectivity index (χ0) is 30.0. The Hall–Kier alpha value is -3.14. The van der Waals surface area contributed by atoms with E-state index >= 15 is 0 Å². The standard InChI is InChI=1S/C28H32N4O7S3/c33-28(29-23-14-16-26(17-15-23)40(34,35)30-18-8-3-9-19-30)27-22-31(41(36,37)24-10-4-1-5-11-24)20-21-32(27)42(38,39)25-12-6-2-7-13-25/h1-2,4-7,10-17,27H,3,8-9,18-22H2,(H,29,33)/t27-/m1/s1. The topological polar surface area (TPSA) is 141 Å². The van der Waals surface area contributed by atoms with Crippen LogP contribution in [0.4, 0.5) is 5.69 Å². The van der Waals surface area contributed by atoms with Crippen molar-refractivity contribution < 1.29 is 30.0 Å². The number of piperazine rings is 1. The van der Waals surface area contributed by atoms with E-state index in [-0.39, 0.29) is 33.5 Å². The molecule has 224 valence electrons. The molecule has 0 bridgehead atoms. The van der Waals surface area contributed by atoms with E-state index in [1.807, 2.05) is 0 Å². The maximum atomic E-state index is 13.6. The minimum Gasteiger partial charge on any atom is -0.325 e. The summed E-state index contributed by atoms with van der Waals surface area (Å²) in [5, 5.41) is 2.66. The van der Waals surface area contributed by atoms with Crippen LogP contribution >= 0.6 is 0 Å². The number of hydrogen-bond acceptors (Lipinski definition) is 7. The Morgan fingerprint density at radius 3 is 1.64 bits per heavy atom. The molecule has 1 atom stereocenters. The molecular weight excluding hydrogens is 601 g/mol. The van der Waals surface area contributed by atoms with Gasteiger partial charge in [0.2, 0.25) is 36.0 Å². The van der Waals surface area contributed by atoms with E-state index in [1.165, 1.54) is 52.8 Å². The summed E-state index contributed by atoms with van der Waals surface area (Å²) in [6.07, 6.45) is 2.58. The lowest BCUT2D eigenvalue weighted by Crippen LogP contribution is -2.60. The first kappa shape index (κ1) is 30.3. The van der Waals surface area contributed by atoms with Gasteiger partial charge in [-0.3, -0.25) is 4.79 Å². The Labute approximate surface area is 246 Å². The lowest BCUT2D eigenvalue weighted by atomic mass is 10.2. The summed E-state index contributed by atoms with van der Waals surface area (Å²) in [5.74, 6) is -0.742. The summed E-state index contributed by atoms with van der Waals surface area (Å²) in [6.45, 7) is 0.119. The molecule has 1 amide bonds. The van der Waals surface area contributed by atoms with Crippen molar-refractivity contribution in [3.63, 3.8) is 0 Å². The predicted octanol–water partition coefficient (Wildman–Crippen LogP) is 2.56. The first-order valence-electron chi connectivity index (χ1n) is 13.5. The van der Waals surface area contributed by atoms with Crippen LogP contribution in [0.5, 0.6) is 0 Å². The van der Waals surface area contributed by atoms with Crippen molar-refractivity contribution in [3.8, 4) is 0 Å². The molecule has 11 nitrogen and oxygen atoms in total.